The number of allylic oxidation sites excluding steroid dienone is 1. The lowest BCUT2D eigenvalue weighted by Gasteiger charge is -2.33. The van der Waals surface area contributed by atoms with E-state index < -0.39 is 5.97 Å². The maximum absolute atomic E-state index is 12.2. The molecule has 1 aromatic heterocycles. The Morgan fingerprint density at radius 3 is 2.51 bits per heavy atom. The van der Waals surface area contributed by atoms with Crippen molar-refractivity contribution in [3.63, 3.8) is 0 Å². The largest absolute Gasteiger partial charge is 0.490 e. The summed E-state index contributed by atoms with van der Waals surface area (Å²) >= 11 is 0. The Balaban J connectivity index is 1.24. The van der Waals surface area contributed by atoms with Crippen LogP contribution in [-0.2, 0) is 0 Å². The molecule has 3 aliphatic carbocycles. The van der Waals surface area contributed by atoms with Gasteiger partial charge in [-0.3, -0.25) is 0 Å². The van der Waals surface area contributed by atoms with Crippen LogP contribution in [0.4, 0.5) is 0 Å². The number of hydrogen-bond acceptors (Lipinski definition) is 6. The molecule has 3 fully saturated rings. The summed E-state index contributed by atoms with van der Waals surface area (Å²) in [5.74, 6) is 6.72. The van der Waals surface area contributed by atoms with E-state index in [1.54, 1.807) is 9.69 Å². The molecule has 3 aliphatic rings. The number of carboxylic acids is 1. The van der Waals surface area contributed by atoms with Gasteiger partial charge in [0.1, 0.15) is 11.3 Å². The van der Waals surface area contributed by atoms with Crippen LogP contribution in [0.2, 0.25) is 0 Å². The molecular weight excluding hydrogens is 514 g/mol. The predicted molar refractivity (Wildman–Crippen MR) is 159 cm³/mol. The highest BCUT2D eigenvalue weighted by molar-refractivity contribution is 5.89. The number of hydrazine groups is 1. The van der Waals surface area contributed by atoms with E-state index in [1.165, 1.54) is 44.7 Å². The van der Waals surface area contributed by atoms with Gasteiger partial charge in [0.05, 0.1) is 23.7 Å². The fraction of sp³-hybridized carbons (Fsp3) is 0.455. The van der Waals surface area contributed by atoms with Crippen molar-refractivity contribution in [1.82, 2.24) is 14.8 Å². The van der Waals surface area contributed by atoms with Crippen LogP contribution in [0.15, 0.2) is 66.6 Å². The second kappa shape index (κ2) is 11.6. The van der Waals surface area contributed by atoms with E-state index in [2.05, 4.69) is 36.3 Å². The van der Waals surface area contributed by atoms with Gasteiger partial charge in [0.15, 0.2) is 0 Å². The Morgan fingerprint density at radius 1 is 1.07 bits per heavy atom. The summed E-state index contributed by atoms with van der Waals surface area (Å²) in [5, 5.41) is 16.2. The summed E-state index contributed by atoms with van der Waals surface area (Å²) in [6.07, 6.45) is 14.0. The number of benzene rings is 2. The highest BCUT2D eigenvalue weighted by Crippen LogP contribution is 2.52. The Hall–Kier alpha value is -3.78. The Morgan fingerprint density at radius 2 is 1.80 bits per heavy atom. The van der Waals surface area contributed by atoms with Crippen LogP contribution < -0.4 is 16.3 Å². The summed E-state index contributed by atoms with van der Waals surface area (Å²) in [6.45, 7) is 2.19. The summed E-state index contributed by atoms with van der Waals surface area (Å²) in [4.78, 5) is 12.2. The van der Waals surface area contributed by atoms with Gasteiger partial charge < -0.3 is 20.6 Å². The first-order chi connectivity index (χ1) is 19.9. The van der Waals surface area contributed by atoms with Gasteiger partial charge in [0, 0.05) is 29.8 Å². The molecule has 2 aromatic carbocycles. The zero-order chi connectivity index (χ0) is 28.5. The third kappa shape index (κ3) is 5.84. The summed E-state index contributed by atoms with van der Waals surface area (Å²) < 4.78 is 8.16. The fourth-order valence-corrected chi connectivity index (χ4v) is 6.49. The maximum atomic E-state index is 12.2. The second-order valence-electron chi connectivity index (χ2n) is 12.1. The highest BCUT2D eigenvalue weighted by atomic mass is 16.5. The molecule has 3 saturated carbocycles. The third-order valence-corrected chi connectivity index (χ3v) is 9.29. The average Bonchev–Trinajstić information content (AvgIpc) is 3.62. The van der Waals surface area contributed by atoms with Crippen molar-refractivity contribution in [2.45, 2.75) is 82.8 Å². The van der Waals surface area contributed by atoms with Crippen LogP contribution in [0, 0.1) is 11.8 Å². The molecule has 3 aromatic rings. The molecule has 0 saturated heterocycles. The number of rotatable bonds is 10. The van der Waals surface area contributed by atoms with Crippen molar-refractivity contribution >= 4 is 5.97 Å². The molecule has 2 unspecified atom stereocenters. The predicted octanol–water partition coefficient (Wildman–Crippen LogP) is 6.22. The summed E-state index contributed by atoms with van der Waals surface area (Å²) in [5.41, 5.74) is 10.9. The SMILES string of the molecule is CC(Oc1cccc(-c2cccc(-n3ncc(C(=O)O)c3[C@@H]3CC3/C(N)=C/N(N)C3CCC3)c2)c1)C1CCCCC1. The number of aromatic carboxylic acids is 1. The summed E-state index contributed by atoms with van der Waals surface area (Å²) in [7, 11) is 0. The van der Waals surface area contributed by atoms with Crippen molar-refractivity contribution in [3.05, 3.63) is 77.9 Å². The number of nitrogens with two attached hydrogens (primary N) is 2. The zero-order valence-corrected chi connectivity index (χ0v) is 23.8. The lowest BCUT2D eigenvalue weighted by Crippen LogP contribution is -2.41. The highest BCUT2D eigenvalue weighted by Gasteiger charge is 2.45. The van der Waals surface area contributed by atoms with Crippen molar-refractivity contribution in [3.8, 4) is 22.6 Å². The average molecular weight is 556 g/mol. The zero-order valence-electron chi connectivity index (χ0n) is 23.8. The number of nitrogens with zero attached hydrogens (tertiary/aromatic N) is 3. The van der Waals surface area contributed by atoms with E-state index in [-0.39, 0.29) is 23.5 Å². The van der Waals surface area contributed by atoms with Crippen molar-refractivity contribution < 1.29 is 14.6 Å². The Labute approximate surface area is 241 Å². The van der Waals surface area contributed by atoms with Crippen LogP contribution in [0.5, 0.6) is 5.75 Å². The number of carboxylic acid groups (broad SMARTS) is 1. The number of hydrogen-bond donors (Lipinski definition) is 3. The minimum absolute atomic E-state index is 0.0312. The van der Waals surface area contributed by atoms with Gasteiger partial charge >= 0.3 is 5.97 Å². The molecule has 0 bridgehead atoms. The molecule has 216 valence electrons. The van der Waals surface area contributed by atoms with Gasteiger partial charge in [-0.05, 0) is 86.8 Å². The maximum Gasteiger partial charge on any atom is 0.339 e. The van der Waals surface area contributed by atoms with Gasteiger partial charge in [-0.15, -0.1) is 0 Å². The Bertz CT molecular complexity index is 1420. The van der Waals surface area contributed by atoms with E-state index in [9.17, 15) is 9.90 Å². The first-order valence-electron chi connectivity index (χ1n) is 15.1. The van der Waals surface area contributed by atoms with E-state index in [0.717, 1.165) is 41.8 Å². The van der Waals surface area contributed by atoms with Crippen molar-refractivity contribution in [2.24, 2.45) is 23.4 Å². The van der Waals surface area contributed by atoms with E-state index >= 15 is 0 Å². The van der Waals surface area contributed by atoms with E-state index in [4.69, 9.17) is 16.3 Å². The van der Waals surface area contributed by atoms with Gasteiger partial charge in [0.2, 0.25) is 0 Å². The molecule has 5 N–H and O–H groups in total. The normalized spacial score (nSPS) is 22.1. The molecule has 0 radical (unpaired) electrons. The van der Waals surface area contributed by atoms with Crippen LogP contribution in [0.1, 0.15) is 86.7 Å². The number of ether oxygens (including phenoxy) is 1. The molecule has 6 rings (SSSR count). The standard InChI is InChI=1S/C33H41N5O3/c1-21(22-8-3-2-4-9-22)41-27-15-6-11-24(17-27)23-10-5-14-26(16-23)38-32(30(19-36-38)33(39)40)29-18-28(29)31(34)20-37(35)25-12-7-13-25/h5-6,10-11,14-17,19-22,25,28-29H,2-4,7-9,12-13,18,34-35H2,1H3,(H,39,40)/b31-20-/t21?,28?,29-/m1/s1. The van der Waals surface area contributed by atoms with Gasteiger partial charge in [-0.25, -0.2) is 15.3 Å². The minimum Gasteiger partial charge on any atom is -0.490 e. The Kier molecular flexibility index (Phi) is 7.75. The monoisotopic (exact) mass is 555 g/mol. The van der Waals surface area contributed by atoms with Gasteiger partial charge in [-0.2, -0.15) is 5.10 Å². The van der Waals surface area contributed by atoms with Crippen molar-refractivity contribution in [1.29, 1.82) is 0 Å². The molecule has 1 heterocycles. The van der Waals surface area contributed by atoms with Gasteiger partial charge in [0.25, 0.3) is 0 Å². The fourth-order valence-electron chi connectivity index (χ4n) is 6.49. The molecule has 8 heteroatoms. The lowest BCUT2D eigenvalue weighted by molar-refractivity contribution is 0.0695. The minimum atomic E-state index is -0.984. The molecule has 0 spiro atoms. The molecule has 8 nitrogen and oxygen atoms in total. The van der Waals surface area contributed by atoms with Crippen LogP contribution in [0.3, 0.4) is 0 Å². The first-order valence-corrected chi connectivity index (χ1v) is 15.1. The van der Waals surface area contributed by atoms with Crippen molar-refractivity contribution in [2.75, 3.05) is 0 Å². The number of carbonyl (C=O) groups is 1. The van der Waals surface area contributed by atoms with Crippen LogP contribution >= 0.6 is 0 Å². The lowest BCUT2D eigenvalue weighted by atomic mass is 9.86. The quantitative estimate of drug-likeness (QED) is 0.201. The second-order valence-corrected chi connectivity index (χ2v) is 12.1. The third-order valence-electron chi connectivity index (χ3n) is 9.29. The van der Waals surface area contributed by atoms with E-state index in [1.807, 2.05) is 30.5 Å². The molecule has 0 aliphatic heterocycles. The van der Waals surface area contributed by atoms with Crippen LogP contribution in [-0.4, -0.2) is 38.0 Å². The topological polar surface area (TPSA) is 120 Å². The molecule has 41 heavy (non-hydrogen) atoms. The molecule has 3 atom stereocenters. The smallest absolute Gasteiger partial charge is 0.339 e. The number of aromatic nitrogens is 2. The first kappa shape index (κ1) is 27.4. The molecule has 0 amide bonds. The van der Waals surface area contributed by atoms with Crippen LogP contribution in [0.25, 0.3) is 16.8 Å². The summed E-state index contributed by atoms with van der Waals surface area (Å²) in [6, 6.07) is 16.6. The molecular formula is C33H41N5O3. The van der Waals surface area contributed by atoms with E-state index in [0.29, 0.717) is 23.4 Å². The van der Waals surface area contributed by atoms with Gasteiger partial charge in [-0.1, -0.05) is 43.5 Å².